The van der Waals surface area contributed by atoms with Crippen LogP contribution in [0.15, 0.2) is 36.4 Å². The highest BCUT2D eigenvalue weighted by Gasteiger charge is 2.17. The van der Waals surface area contributed by atoms with E-state index < -0.39 is 29.0 Å². The van der Waals surface area contributed by atoms with Crippen LogP contribution in [0.1, 0.15) is 18.5 Å². The van der Waals surface area contributed by atoms with E-state index in [0.717, 1.165) is 11.6 Å². The van der Waals surface area contributed by atoms with Gasteiger partial charge in [0.25, 0.3) is 0 Å². The Morgan fingerprint density at radius 1 is 1.00 bits per heavy atom. The molecule has 0 aliphatic carbocycles. The summed E-state index contributed by atoms with van der Waals surface area (Å²) in [5.74, 6) is -5.49. The first-order chi connectivity index (χ1) is 13.2. The van der Waals surface area contributed by atoms with E-state index in [9.17, 15) is 22.8 Å². The van der Waals surface area contributed by atoms with Gasteiger partial charge in [0.1, 0.15) is 0 Å². The van der Waals surface area contributed by atoms with Gasteiger partial charge in [-0.05, 0) is 43.8 Å². The predicted octanol–water partition coefficient (Wildman–Crippen LogP) is 3.51. The molecule has 2 amide bonds. The van der Waals surface area contributed by atoms with Crippen LogP contribution in [-0.2, 0) is 9.59 Å². The Bertz CT molecular complexity index is 862. The molecule has 0 saturated carbocycles. The first-order valence-corrected chi connectivity index (χ1v) is 8.72. The lowest BCUT2D eigenvalue weighted by molar-refractivity contribution is -0.123. The summed E-state index contributed by atoms with van der Waals surface area (Å²) in [5, 5.41) is 5.52. The van der Waals surface area contributed by atoms with Crippen molar-refractivity contribution in [1.29, 1.82) is 0 Å². The van der Waals surface area contributed by atoms with Crippen molar-refractivity contribution >= 4 is 29.1 Å². The van der Waals surface area contributed by atoms with Crippen molar-refractivity contribution < 1.29 is 22.8 Å². The van der Waals surface area contributed by atoms with Gasteiger partial charge < -0.3 is 10.6 Å². The number of benzene rings is 2. The fourth-order valence-corrected chi connectivity index (χ4v) is 2.61. The van der Waals surface area contributed by atoms with Gasteiger partial charge in [-0.15, -0.1) is 0 Å². The molecule has 2 N–H and O–H groups in total. The summed E-state index contributed by atoms with van der Waals surface area (Å²) in [4.78, 5) is 25.5. The molecule has 2 rings (SSSR count). The molecule has 0 aliphatic heterocycles. The number of likely N-dealkylation sites (N-methyl/N-ethyl adjacent to an activating group) is 1. The van der Waals surface area contributed by atoms with Crippen molar-refractivity contribution in [3.63, 3.8) is 0 Å². The maximum Gasteiger partial charge on any atom is 0.238 e. The van der Waals surface area contributed by atoms with Gasteiger partial charge in [0, 0.05) is 5.02 Å². The number of nitrogens with zero attached hydrogens (tertiary/aromatic N) is 1. The van der Waals surface area contributed by atoms with Crippen molar-refractivity contribution in [2.24, 2.45) is 0 Å². The van der Waals surface area contributed by atoms with Crippen LogP contribution in [0.2, 0.25) is 5.02 Å². The quantitative estimate of drug-likeness (QED) is 0.683. The van der Waals surface area contributed by atoms with Crippen molar-refractivity contribution in [3.05, 3.63) is 64.4 Å². The van der Waals surface area contributed by atoms with E-state index in [0.29, 0.717) is 11.1 Å². The molecule has 5 nitrogen and oxygen atoms in total. The summed E-state index contributed by atoms with van der Waals surface area (Å²) in [6.45, 7) is 1.46. The Labute approximate surface area is 165 Å². The second-order valence-electron chi connectivity index (χ2n) is 6.28. The summed E-state index contributed by atoms with van der Waals surface area (Å²) in [6, 6.07) is 8.39. The zero-order chi connectivity index (χ0) is 20.8. The molecule has 0 aliphatic rings. The monoisotopic (exact) mass is 413 g/mol. The summed E-state index contributed by atoms with van der Waals surface area (Å²) in [5.41, 5.74) is 0.394. The molecule has 28 heavy (non-hydrogen) atoms. The van der Waals surface area contributed by atoms with Crippen LogP contribution in [0.4, 0.5) is 18.9 Å². The van der Waals surface area contributed by atoms with Crippen LogP contribution in [-0.4, -0.2) is 36.9 Å². The number of carbonyl (C=O) groups is 2. The first kappa shape index (κ1) is 21.7. The predicted molar refractivity (Wildman–Crippen MR) is 100 cm³/mol. The molecule has 0 bridgehead atoms. The molecular formula is C19H19ClF3N3O2. The minimum atomic E-state index is -1.67. The van der Waals surface area contributed by atoms with Crippen molar-refractivity contribution in [3.8, 4) is 0 Å². The van der Waals surface area contributed by atoms with Crippen LogP contribution >= 0.6 is 11.6 Å². The van der Waals surface area contributed by atoms with Crippen LogP contribution < -0.4 is 10.6 Å². The molecule has 0 fully saturated rings. The number of hydrogen-bond acceptors (Lipinski definition) is 3. The number of nitrogens with one attached hydrogen (secondary N) is 2. The van der Waals surface area contributed by atoms with Crippen LogP contribution in [0.5, 0.6) is 0 Å². The molecule has 0 radical (unpaired) electrons. The maximum atomic E-state index is 13.6. The van der Waals surface area contributed by atoms with Crippen LogP contribution in [0, 0.1) is 17.5 Å². The zero-order valence-corrected chi connectivity index (χ0v) is 16.0. The van der Waals surface area contributed by atoms with E-state index in [1.54, 1.807) is 31.2 Å². The summed E-state index contributed by atoms with van der Waals surface area (Å²) in [7, 11) is 1.52. The molecule has 0 unspecified atom stereocenters. The largest absolute Gasteiger partial charge is 0.348 e. The average molecular weight is 414 g/mol. The molecular weight excluding hydrogens is 395 g/mol. The number of carbonyl (C=O) groups excluding carboxylic acids is 2. The lowest BCUT2D eigenvalue weighted by atomic mass is 10.1. The number of rotatable bonds is 7. The zero-order valence-electron chi connectivity index (χ0n) is 15.2. The minimum Gasteiger partial charge on any atom is -0.348 e. The highest BCUT2D eigenvalue weighted by Crippen LogP contribution is 2.19. The van der Waals surface area contributed by atoms with Gasteiger partial charge in [-0.2, -0.15) is 0 Å². The van der Waals surface area contributed by atoms with Gasteiger partial charge in [0.05, 0.1) is 24.8 Å². The lowest BCUT2D eigenvalue weighted by Crippen LogP contribution is -2.39. The number of hydrogen-bond donors (Lipinski definition) is 2. The molecule has 0 aromatic heterocycles. The number of amides is 2. The van der Waals surface area contributed by atoms with E-state index in [2.05, 4.69) is 10.6 Å². The molecule has 9 heteroatoms. The summed E-state index contributed by atoms with van der Waals surface area (Å²) in [6.07, 6.45) is 0. The topological polar surface area (TPSA) is 61.4 Å². The van der Waals surface area contributed by atoms with E-state index in [4.69, 9.17) is 11.6 Å². The van der Waals surface area contributed by atoms with Gasteiger partial charge >= 0.3 is 0 Å². The normalized spacial score (nSPS) is 12.0. The molecule has 2 aromatic carbocycles. The third kappa shape index (κ3) is 5.97. The highest BCUT2D eigenvalue weighted by atomic mass is 35.5. The van der Waals surface area contributed by atoms with Gasteiger partial charge in [0.15, 0.2) is 17.5 Å². The number of anilines is 1. The van der Waals surface area contributed by atoms with Crippen molar-refractivity contribution in [2.75, 3.05) is 25.5 Å². The van der Waals surface area contributed by atoms with Crippen molar-refractivity contribution in [1.82, 2.24) is 10.2 Å². The second kappa shape index (κ2) is 9.57. The average Bonchev–Trinajstić information content (AvgIpc) is 2.62. The lowest BCUT2D eigenvalue weighted by Gasteiger charge is -2.19. The van der Waals surface area contributed by atoms with Crippen LogP contribution in [0.3, 0.4) is 0 Å². The number of halogens is 4. The summed E-state index contributed by atoms with van der Waals surface area (Å²) < 4.78 is 39.7. The van der Waals surface area contributed by atoms with E-state index in [-0.39, 0.29) is 25.0 Å². The highest BCUT2D eigenvalue weighted by molar-refractivity contribution is 6.30. The molecule has 2 aromatic rings. The van der Waals surface area contributed by atoms with Crippen LogP contribution in [0.25, 0.3) is 0 Å². The Kier molecular flexibility index (Phi) is 7.42. The Balaban J connectivity index is 1.84. The summed E-state index contributed by atoms with van der Waals surface area (Å²) >= 11 is 5.83. The second-order valence-corrected chi connectivity index (χ2v) is 6.72. The fraction of sp³-hybridized carbons (Fsp3) is 0.263. The van der Waals surface area contributed by atoms with Gasteiger partial charge in [-0.25, -0.2) is 13.2 Å². The van der Waals surface area contributed by atoms with Gasteiger partial charge in [-0.1, -0.05) is 23.7 Å². The smallest absolute Gasteiger partial charge is 0.238 e. The molecule has 0 spiro atoms. The minimum absolute atomic E-state index is 0.0917. The SMILES string of the molecule is C[C@@H](NC(=O)CN(C)CC(=O)Nc1ccc(F)c(F)c1F)c1ccc(Cl)cc1. The van der Waals surface area contributed by atoms with Crippen molar-refractivity contribution in [2.45, 2.75) is 13.0 Å². The van der Waals surface area contributed by atoms with Gasteiger partial charge in [0.2, 0.25) is 11.8 Å². The van der Waals surface area contributed by atoms with Gasteiger partial charge in [-0.3, -0.25) is 14.5 Å². The maximum absolute atomic E-state index is 13.6. The Morgan fingerprint density at radius 2 is 1.61 bits per heavy atom. The standard InChI is InChI=1S/C19H19ClF3N3O2/c1-11(12-3-5-13(20)6-4-12)24-16(27)9-26(2)10-17(28)25-15-8-7-14(21)18(22)19(15)23/h3-8,11H,9-10H2,1-2H3,(H,24,27)(H,25,28)/t11-/m1/s1. The fourth-order valence-electron chi connectivity index (χ4n) is 2.48. The molecule has 0 heterocycles. The Hall–Kier alpha value is -2.58. The van der Waals surface area contributed by atoms with E-state index in [1.165, 1.54) is 11.9 Å². The third-order valence-corrected chi connectivity index (χ3v) is 4.14. The third-order valence-electron chi connectivity index (χ3n) is 3.88. The molecule has 150 valence electrons. The molecule has 0 saturated heterocycles. The van der Waals surface area contributed by atoms with E-state index in [1.807, 2.05) is 0 Å². The molecule has 1 atom stereocenters. The Morgan fingerprint density at radius 3 is 2.25 bits per heavy atom. The van der Waals surface area contributed by atoms with E-state index >= 15 is 0 Å². The first-order valence-electron chi connectivity index (χ1n) is 8.34.